The van der Waals surface area contributed by atoms with Crippen LogP contribution in [0.2, 0.25) is 0 Å². The van der Waals surface area contributed by atoms with Crippen LogP contribution in [0.25, 0.3) is 0 Å². The van der Waals surface area contributed by atoms with Crippen molar-refractivity contribution in [1.29, 1.82) is 0 Å². The summed E-state index contributed by atoms with van der Waals surface area (Å²) in [5.74, 6) is 0.150. The summed E-state index contributed by atoms with van der Waals surface area (Å²) in [5, 5.41) is 23.9. The molecule has 0 unspecified atom stereocenters. The topological polar surface area (TPSA) is 115 Å². The lowest BCUT2D eigenvalue weighted by Gasteiger charge is -2.11. The maximum absolute atomic E-state index is 10.8. The van der Waals surface area contributed by atoms with Crippen LogP contribution in [0.3, 0.4) is 0 Å². The lowest BCUT2D eigenvalue weighted by Crippen LogP contribution is -2.23. The van der Waals surface area contributed by atoms with Crippen LogP contribution in [0, 0.1) is 20.2 Å². The minimum absolute atomic E-state index is 0.0387. The molecule has 18 heavy (non-hydrogen) atoms. The van der Waals surface area contributed by atoms with Gasteiger partial charge in [-0.2, -0.15) is 12.6 Å². The van der Waals surface area contributed by atoms with Crippen molar-refractivity contribution < 1.29 is 14.6 Å². The third kappa shape index (κ3) is 3.17. The van der Waals surface area contributed by atoms with E-state index in [4.69, 9.17) is 0 Å². The smallest absolute Gasteiger partial charge is 0.299 e. The first-order valence-electron chi connectivity index (χ1n) is 4.75. The molecular weight excluding hydrogens is 262 g/mol. The quantitative estimate of drug-likeness (QED) is 0.350. The first-order chi connectivity index (χ1) is 8.49. The predicted octanol–water partition coefficient (Wildman–Crippen LogP) is 1.41. The van der Waals surface area contributed by atoms with Crippen molar-refractivity contribution >= 4 is 36.0 Å². The maximum Gasteiger partial charge on any atom is 0.299 e. The molecule has 8 nitrogen and oxygen atoms in total. The number of anilines is 1. The van der Waals surface area contributed by atoms with Gasteiger partial charge < -0.3 is 10.1 Å². The molecule has 1 rings (SSSR count). The summed E-state index contributed by atoms with van der Waals surface area (Å²) >= 11 is 3.89. The van der Waals surface area contributed by atoms with Crippen LogP contribution in [0.4, 0.5) is 17.1 Å². The first kappa shape index (κ1) is 13.9. The zero-order valence-electron chi connectivity index (χ0n) is 8.98. The fourth-order valence-electron chi connectivity index (χ4n) is 1.23. The van der Waals surface area contributed by atoms with Crippen molar-refractivity contribution in [3.05, 3.63) is 38.4 Å². The normalized spacial score (nSPS) is 11.6. The number of nitro benzene ring substituents is 2. The molecule has 1 aromatic rings. The summed E-state index contributed by atoms with van der Waals surface area (Å²) in [6.45, 7) is 0. The second kappa shape index (κ2) is 5.96. The number of nitrogens with zero attached hydrogens (tertiary/aromatic N) is 2. The first-order valence-corrected chi connectivity index (χ1v) is 5.38. The van der Waals surface area contributed by atoms with E-state index in [1.54, 1.807) is 0 Å². The van der Waals surface area contributed by atoms with Crippen molar-refractivity contribution in [2.75, 3.05) is 11.1 Å². The lowest BCUT2D eigenvalue weighted by atomic mass is 10.2. The van der Waals surface area contributed by atoms with Gasteiger partial charge in [0.15, 0.2) is 0 Å². The Morgan fingerprint density at radius 2 is 2.00 bits per heavy atom. The van der Waals surface area contributed by atoms with Crippen LogP contribution in [0.5, 0.6) is 0 Å². The lowest BCUT2D eigenvalue weighted by molar-refractivity contribution is -0.393. The summed E-state index contributed by atoms with van der Waals surface area (Å²) in [6.07, 6.45) is 0.554. The molecule has 0 heterocycles. The number of carbonyl (C=O) groups is 1. The summed E-state index contributed by atoms with van der Waals surface area (Å²) in [5.41, 5.74) is -0.810. The second-order valence-electron chi connectivity index (χ2n) is 3.29. The van der Waals surface area contributed by atoms with E-state index in [2.05, 4.69) is 17.9 Å². The fourth-order valence-corrected chi connectivity index (χ4v) is 1.41. The zero-order chi connectivity index (χ0) is 13.7. The Labute approximate surface area is 107 Å². The Kier molecular flexibility index (Phi) is 4.60. The van der Waals surface area contributed by atoms with Crippen LogP contribution < -0.4 is 5.32 Å². The van der Waals surface area contributed by atoms with Crippen molar-refractivity contribution in [1.82, 2.24) is 0 Å². The highest BCUT2D eigenvalue weighted by Gasteiger charge is 2.20. The molecule has 1 aromatic carbocycles. The third-order valence-electron chi connectivity index (χ3n) is 2.09. The summed E-state index contributed by atoms with van der Waals surface area (Å²) < 4.78 is 0. The minimum atomic E-state index is -0.754. The van der Waals surface area contributed by atoms with Crippen LogP contribution in [0.1, 0.15) is 0 Å². The highest BCUT2D eigenvalue weighted by Crippen LogP contribution is 2.29. The van der Waals surface area contributed by atoms with Gasteiger partial charge in [0.05, 0.1) is 22.0 Å². The van der Waals surface area contributed by atoms with Gasteiger partial charge in [0.25, 0.3) is 11.4 Å². The highest BCUT2D eigenvalue weighted by molar-refractivity contribution is 7.80. The van der Waals surface area contributed by atoms with Gasteiger partial charge in [-0.15, -0.1) is 0 Å². The molecule has 0 amide bonds. The molecule has 0 aromatic heterocycles. The number of rotatable bonds is 6. The molecule has 0 saturated carbocycles. The van der Waals surface area contributed by atoms with Crippen LogP contribution in [0.15, 0.2) is 18.2 Å². The number of thiol groups is 1. The number of nitro groups is 2. The molecule has 0 bridgehead atoms. The van der Waals surface area contributed by atoms with Crippen LogP contribution >= 0.6 is 12.6 Å². The molecule has 9 heteroatoms. The number of benzene rings is 1. The zero-order valence-corrected chi connectivity index (χ0v) is 9.87. The molecule has 1 atom stereocenters. The van der Waals surface area contributed by atoms with E-state index in [0.717, 1.165) is 12.1 Å². The van der Waals surface area contributed by atoms with E-state index < -0.39 is 21.6 Å². The standard InChI is InChI=1S/C9H9N3O5S/c13-4-6(5-18)10-8-2-1-7(11(14)15)3-9(8)12(16)17/h1-4,6,10,18H,5H2/t6-/m1/s1. The van der Waals surface area contributed by atoms with Gasteiger partial charge in [-0.05, 0) is 6.07 Å². The molecule has 0 aliphatic heterocycles. The molecule has 0 saturated heterocycles. The van der Waals surface area contributed by atoms with E-state index in [0.29, 0.717) is 6.29 Å². The fraction of sp³-hybridized carbons (Fsp3) is 0.222. The Morgan fingerprint density at radius 3 is 2.44 bits per heavy atom. The van der Waals surface area contributed by atoms with Gasteiger partial charge in [-0.3, -0.25) is 20.2 Å². The van der Waals surface area contributed by atoms with Gasteiger partial charge in [-0.1, -0.05) is 0 Å². The van der Waals surface area contributed by atoms with E-state index >= 15 is 0 Å². The van der Waals surface area contributed by atoms with Crippen molar-refractivity contribution in [2.45, 2.75) is 6.04 Å². The summed E-state index contributed by atoms with van der Waals surface area (Å²) in [4.78, 5) is 30.4. The Balaban J connectivity index is 3.15. The number of nitrogens with one attached hydrogen (secondary N) is 1. The van der Waals surface area contributed by atoms with Crippen molar-refractivity contribution in [3.8, 4) is 0 Å². The van der Waals surface area contributed by atoms with Gasteiger partial charge in [0, 0.05) is 11.8 Å². The molecule has 96 valence electrons. The predicted molar refractivity (Wildman–Crippen MR) is 67.1 cm³/mol. The molecule has 0 spiro atoms. The summed E-state index contributed by atoms with van der Waals surface area (Å²) in [7, 11) is 0. The monoisotopic (exact) mass is 271 g/mol. The molecule has 0 fully saturated rings. The number of aldehydes is 1. The van der Waals surface area contributed by atoms with Gasteiger partial charge in [-0.25, -0.2) is 0 Å². The minimum Gasteiger partial charge on any atom is -0.369 e. The third-order valence-corrected chi connectivity index (χ3v) is 2.48. The van der Waals surface area contributed by atoms with Gasteiger partial charge in [0.1, 0.15) is 12.0 Å². The van der Waals surface area contributed by atoms with Gasteiger partial charge in [0.2, 0.25) is 0 Å². The molecule has 1 N–H and O–H groups in total. The Hall–Kier alpha value is -2.16. The molecular formula is C9H9N3O5S. The number of carbonyl (C=O) groups excluding carboxylic acids is 1. The van der Waals surface area contributed by atoms with E-state index in [9.17, 15) is 25.0 Å². The number of hydrogen-bond acceptors (Lipinski definition) is 7. The SMILES string of the molecule is O=C[C@H](CS)Nc1ccc([N+](=O)[O-])cc1[N+](=O)[O-]. The van der Waals surface area contributed by atoms with Crippen LogP contribution in [-0.4, -0.2) is 27.9 Å². The maximum atomic E-state index is 10.8. The summed E-state index contributed by atoms with van der Waals surface area (Å²) in [6, 6.07) is 2.45. The van der Waals surface area contributed by atoms with E-state index in [-0.39, 0.29) is 17.1 Å². The van der Waals surface area contributed by atoms with E-state index in [1.165, 1.54) is 6.07 Å². The highest BCUT2D eigenvalue weighted by atomic mass is 32.1. The Bertz CT molecular complexity index is 493. The molecule has 0 aliphatic carbocycles. The average Bonchev–Trinajstić information content (AvgIpc) is 2.35. The van der Waals surface area contributed by atoms with E-state index in [1.807, 2.05) is 0 Å². The molecule has 0 radical (unpaired) electrons. The van der Waals surface area contributed by atoms with Gasteiger partial charge >= 0.3 is 0 Å². The second-order valence-corrected chi connectivity index (χ2v) is 3.65. The van der Waals surface area contributed by atoms with Crippen LogP contribution in [-0.2, 0) is 4.79 Å². The molecule has 0 aliphatic rings. The largest absolute Gasteiger partial charge is 0.369 e. The average molecular weight is 271 g/mol. The number of hydrogen-bond donors (Lipinski definition) is 2. The van der Waals surface area contributed by atoms with Crippen molar-refractivity contribution in [3.63, 3.8) is 0 Å². The van der Waals surface area contributed by atoms with Crippen molar-refractivity contribution in [2.24, 2.45) is 0 Å². The Morgan fingerprint density at radius 1 is 1.33 bits per heavy atom. The number of non-ortho nitro benzene ring substituents is 1.